The van der Waals surface area contributed by atoms with E-state index in [9.17, 15) is 4.79 Å². The van der Waals surface area contributed by atoms with Crippen molar-refractivity contribution >= 4 is 32.6 Å². The maximum absolute atomic E-state index is 13.0. The number of fused-ring (bicyclic) bond motifs is 1. The molecule has 26 heavy (non-hydrogen) atoms. The van der Waals surface area contributed by atoms with Crippen LogP contribution in [0.4, 0.5) is 5.13 Å². The number of hydrogen-bond donors (Lipinski definition) is 1. The molecule has 0 radical (unpaired) electrons. The van der Waals surface area contributed by atoms with E-state index in [-0.39, 0.29) is 5.91 Å². The molecule has 0 bridgehead atoms. The van der Waals surface area contributed by atoms with E-state index in [4.69, 9.17) is 14.1 Å². The van der Waals surface area contributed by atoms with Crippen LogP contribution in [0.5, 0.6) is 0 Å². The van der Waals surface area contributed by atoms with E-state index in [1.54, 1.807) is 28.4 Å². The fourth-order valence-electron chi connectivity index (χ4n) is 3.19. The molecule has 1 fully saturated rings. The molecule has 1 aliphatic rings. The van der Waals surface area contributed by atoms with Crippen molar-refractivity contribution in [2.24, 2.45) is 0 Å². The predicted octanol–water partition coefficient (Wildman–Crippen LogP) is 1.76. The number of thiazole rings is 1. The molecular formula is C19H22N3O3S+. The minimum Gasteiger partial charge on any atom is -0.459 e. The van der Waals surface area contributed by atoms with Gasteiger partial charge in [-0.2, -0.15) is 0 Å². The van der Waals surface area contributed by atoms with E-state index in [1.165, 1.54) is 11.2 Å². The number of nitrogens with one attached hydrogen (secondary N) is 1. The third kappa shape index (κ3) is 3.51. The van der Waals surface area contributed by atoms with Crippen molar-refractivity contribution in [3.05, 3.63) is 47.9 Å². The number of carbonyl (C=O) groups is 1. The third-order valence-corrected chi connectivity index (χ3v) is 5.75. The molecule has 3 aromatic rings. The van der Waals surface area contributed by atoms with Crippen molar-refractivity contribution in [1.29, 1.82) is 0 Å². The highest BCUT2D eigenvalue weighted by Crippen LogP contribution is 2.31. The molecule has 2 aromatic heterocycles. The fourth-order valence-corrected chi connectivity index (χ4v) is 4.26. The van der Waals surface area contributed by atoms with Crippen LogP contribution in [0.3, 0.4) is 0 Å². The number of anilines is 1. The normalized spacial score (nSPS) is 15.4. The second-order valence-electron chi connectivity index (χ2n) is 6.46. The predicted molar refractivity (Wildman–Crippen MR) is 101 cm³/mol. The first-order valence-corrected chi connectivity index (χ1v) is 9.67. The quantitative estimate of drug-likeness (QED) is 0.741. The molecule has 0 spiro atoms. The average molecular weight is 372 g/mol. The number of rotatable bonds is 5. The number of aromatic nitrogens is 1. The van der Waals surface area contributed by atoms with Gasteiger partial charge in [0, 0.05) is 0 Å². The molecule has 4 rings (SSSR count). The molecule has 6 nitrogen and oxygen atoms in total. The maximum Gasteiger partial charge on any atom is 0.295 e. The number of hydrogen-bond acceptors (Lipinski definition) is 5. The lowest BCUT2D eigenvalue weighted by atomic mass is 10.2. The van der Waals surface area contributed by atoms with E-state index in [0.717, 1.165) is 53.8 Å². The Morgan fingerprint density at radius 3 is 2.85 bits per heavy atom. The van der Waals surface area contributed by atoms with Gasteiger partial charge >= 0.3 is 0 Å². The topological polar surface area (TPSA) is 60.0 Å². The Bertz CT molecular complexity index is 885. The zero-order valence-electron chi connectivity index (χ0n) is 14.7. The van der Waals surface area contributed by atoms with Gasteiger partial charge in [0.05, 0.1) is 42.8 Å². The number of ether oxygens (including phenoxy) is 1. The summed E-state index contributed by atoms with van der Waals surface area (Å²) in [5, 5.41) is 0.725. The summed E-state index contributed by atoms with van der Waals surface area (Å²) in [6.45, 7) is 7.02. The Morgan fingerprint density at radius 2 is 2.12 bits per heavy atom. The molecule has 1 aromatic carbocycles. The average Bonchev–Trinajstić information content (AvgIpc) is 3.33. The van der Waals surface area contributed by atoms with Crippen molar-refractivity contribution in [3.63, 3.8) is 0 Å². The number of aryl methyl sites for hydroxylation is 1. The first-order chi connectivity index (χ1) is 12.7. The lowest BCUT2D eigenvalue weighted by Gasteiger charge is -2.26. The Morgan fingerprint density at radius 1 is 1.27 bits per heavy atom. The van der Waals surface area contributed by atoms with Crippen LogP contribution in [0.25, 0.3) is 10.2 Å². The largest absolute Gasteiger partial charge is 0.459 e. The van der Waals surface area contributed by atoms with E-state index in [1.807, 2.05) is 25.1 Å². The number of furan rings is 1. The molecule has 0 atom stereocenters. The zero-order valence-corrected chi connectivity index (χ0v) is 15.6. The summed E-state index contributed by atoms with van der Waals surface area (Å²) in [5.74, 6) is 0.206. The zero-order chi connectivity index (χ0) is 17.9. The molecule has 0 unspecified atom stereocenters. The van der Waals surface area contributed by atoms with E-state index in [0.29, 0.717) is 12.3 Å². The summed E-state index contributed by atoms with van der Waals surface area (Å²) in [6, 6.07) is 9.56. The number of para-hydroxylation sites is 1. The van der Waals surface area contributed by atoms with Crippen LogP contribution in [0.1, 0.15) is 16.1 Å². The maximum atomic E-state index is 13.0. The number of carbonyl (C=O) groups excluding carboxylic acids is 1. The minimum atomic E-state index is -0.139. The SMILES string of the molecule is Cc1cccc2sc(N(CC[NH+]3CCOCC3)C(=O)c3ccco3)nc12. The second-order valence-corrected chi connectivity index (χ2v) is 7.47. The summed E-state index contributed by atoms with van der Waals surface area (Å²) in [5.41, 5.74) is 2.08. The van der Waals surface area contributed by atoms with Crippen LogP contribution in [0, 0.1) is 6.92 Å². The van der Waals surface area contributed by atoms with Crippen LogP contribution >= 0.6 is 11.3 Å². The van der Waals surface area contributed by atoms with Gasteiger partial charge in [-0.25, -0.2) is 4.98 Å². The number of quaternary nitrogens is 1. The van der Waals surface area contributed by atoms with Gasteiger partial charge in [0.15, 0.2) is 10.9 Å². The fraction of sp³-hybridized carbons (Fsp3) is 0.368. The van der Waals surface area contributed by atoms with Gasteiger partial charge in [-0.1, -0.05) is 23.5 Å². The first kappa shape index (κ1) is 17.2. The van der Waals surface area contributed by atoms with Crippen molar-refractivity contribution < 1.29 is 18.8 Å². The molecule has 0 saturated carbocycles. The smallest absolute Gasteiger partial charge is 0.295 e. The molecule has 1 aliphatic heterocycles. The molecular weight excluding hydrogens is 350 g/mol. The summed E-state index contributed by atoms with van der Waals surface area (Å²) >= 11 is 1.55. The Balaban J connectivity index is 1.62. The molecule has 136 valence electrons. The summed E-state index contributed by atoms with van der Waals surface area (Å²) in [7, 11) is 0. The van der Waals surface area contributed by atoms with Gasteiger partial charge < -0.3 is 14.1 Å². The van der Waals surface area contributed by atoms with Crippen LogP contribution in [-0.2, 0) is 4.74 Å². The van der Waals surface area contributed by atoms with Gasteiger partial charge in [0.25, 0.3) is 5.91 Å². The van der Waals surface area contributed by atoms with E-state index >= 15 is 0 Å². The van der Waals surface area contributed by atoms with Crippen LogP contribution in [0.2, 0.25) is 0 Å². The highest BCUT2D eigenvalue weighted by Gasteiger charge is 2.25. The molecule has 3 heterocycles. The van der Waals surface area contributed by atoms with Gasteiger partial charge in [-0.3, -0.25) is 9.69 Å². The number of amides is 1. The highest BCUT2D eigenvalue weighted by molar-refractivity contribution is 7.22. The summed E-state index contributed by atoms with van der Waals surface area (Å²) in [6.07, 6.45) is 1.53. The van der Waals surface area contributed by atoms with Gasteiger partial charge in [0.2, 0.25) is 0 Å². The molecule has 1 saturated heterocycles. The second kappa shape index (κ2) is 7.57. The lowest BCUT2D eigenvalue weighted by Crippen LogP contribution is -3.14. The Kier molecular flexibility index (Phi) is 5.01. The van der Waals surface area contributed by atoms with Crippen LogP contribution < -0.4 is 9.80 Å². The van der Waals surface area contributed by atoms with Crippen molar-refractivity contribution in [3.8, 4) is 0 Å². The van der Waals surface area contributed by atoms with Crippen molar-refractivity contribution in [1.82, 2.24) is 4.98 Å². The van der Waals surface area contributed by atoms with Crippen molar-refractivity contribution in [2.45, 2.75) is 6.92 Å². The van der Waals surface area contributed by atoms with Crippen LogP contribution in [0.15, 0.2) is 41.0 Å². The van der Waals surface area contributed by atoms with Gasteiger partial charge in [-0.05, 0) is 30.7 Å². The van der Waals surface area contributed by atoms with Crippen LogP contribution in [-0.4, -0.2) is 50.3 Å². The van der Waals surface area contributed by atoms with E-state index in [2.05, 4.69) is 0 Å². The molecule has 0 aliphatic carbocycles. The monoisotopic (exact) mass is 372 g/mol. The van der Waals surface area contributed by atoms with Crippen molar-refractivity contribution in [2.75, 3.05) is 44.3 Å². The lowest BCUT2D eigenvalue weighted by molar-refractivity contribution is -0.906. The Labute approximate surface area is 156 Å². The summed E-state index contributed by atoms with van der Waals surface area (Å²) < 4.78 is 11.9. The standard InChI is InChI=1S/C19H21N3O3S/c1-14-4-2-6-16-17(14)20-19(26-16)22(18(23)15-5-3-11-25-15)8-7-21-9-12-24-13-10-21/h2-6,11H,7-10,12-13H2,1H3/p+1. The minimum absolute atomic E-state index is 0.139. The van der Waals surface area contributed by atoms with E-state index < -0.39 is 0 Å². The molecule has 1 N–H and O–H groups in total. The molecule has 1 amide bonds. The first-order valence-electron chi connectivity index (χ1n) is 8.85. The summed E-state index contributed by atoms with van der Waals surface area (Å²) in [4.78, 5) is 21.0. The third-order valence-electron chi connectivity index (χ3n) is 4.71. The van der Waals surface area contributed by atoms with Gasteiger partial charge in [-0.15, -0.1) is 0 Å². The van der Waals surface area contributed by atoms with Gasteiger partial charge in [0.1, 0.15) is 13.1 Å². The number of benzene rings is 1. The highest BCUT2D eigenvalue weighted by atomic mass is 32.1. The number of morpholine rings is 1. The Hall–Kier alpha value is -2.22. The molecule has 7 heteroatoms. The number of nitrogens with zero attached hydrogens (tertiary/aromatic N) is 2.